The van der Waals surface area contributed by atoms with Crippen molar-refractivity contribution in [3.63, 3.8) is 0 Å². The molecule has 6 atom stereocenters. The average Bonchev–Trinajstić information content (AvgIpc) is 3.58. The second-order valence-corrected chi connectivity index (χ2v) is 11.5. The van der Waals surface area contributed by atoms with Gasteiger partial charge in [0.2, 0.25) is 5.91 Å². The van der Waals surface area contributed by atoms with E-state index in [-0.39, 0.29) is 36.2 Å². The normalized spacial score (nSPS) is 34.4. The summed E-state index contributed by atoms with van der Waals surface area (Å²) in [6.07, 6.45) is 0.0833. The lowest BCUT2D eigenvalue weighted by Gasteiger charge is -2.45. The van der Waals surface area contributed by atoms with Gasteiger partial charge < -0.3 is 29.7 Å². The maximum Gasteiger partial charge on any atom is 0.416 e. The van der Waals surface area contributed by atoms with E-state index in [1.165, 1.54) is 6.20 Å². The van der Waals surface area contributed by atoms with E-state index in [9.17, 15) is 23.1 Å². The summed E-state index contributed by atoms with van der Waals surface area (Å²) in [6, 6.07) is 2.05. The number of halogens is 3. The zero-order chi connectivity index (χ0) is 26.6. The molecule has 1 aromatic heterocycles. The Morgan fingerprint density at radius 2 is 2.05 bits per heavy atom. The molecule has 8 nitrogen and oxygen atoms in total. The van der Waals surface area contributed by atoms with Gasteiger partial charge in [0.15, 0.2) is 0 Å². The number of carbonyl (C=O) groups excluding carboxylic acids is 1. The van der Waals surface area contributed by atoms with Crippen LogP contribution in [0.1, 0.15) is 51.5 Å². The molecule has 2 N–H and O–H groups in total. The molecule has 4 aliphatic rings. The predicted octanol–water partition coefficient (Wildman–Crippen LogP) is 2.59. The van der Waals surface area contributed by atoms with Gasteiger partial charge in [0.1, 0.15) is 5.82 Å². The number of likely N-dealkylation sites (tertiary alicyclic amines) is 1. The average molecular weight is 527 g/mol. The number of aromatic nitrogens is 1. The van der Waals surface area contributed by atoms with Gasteiger partial charge in [-0.1, -0.05) is 0 Å². The van der Waals surface area contributed by atoms with E-state index in [0.717, 1.165) is 25.0 Å². The molecule has 0 spiro atoms. The van der Waals surface area contributed by atoms with E-state index >= 15 is 0 Å². The molecular weight excluding hydrogens is 489 g/mol. The number of nitrogens with one attached hydrogen (secondary N) is 1. The first-order chi connectivity index (χ1) is 17.4. The third-order valence-corrected chi connectivity index (χ3v) is 9.02. The lowest BCUT2D eigenvalue weighted by atomic mass is 9.70. The maximum atomic E-state index is 14.1. The van der Waals surface area contributed by atoms with Crippen LogP contribution in [0.2, 0.25) is 0 Å². The second kappa shape index (κ2) is 9.66. The number of ether oxygens (including phenoxy) is 2. The fourth-order valence-electron chi connectivity index (χ4n) is 6.86. The third kappa shape index (κ3) is 4.84. The van der Waals surface area contributed by atoms with Gasteiger partial charge in [0.05, 0.1) is 41.4 Å². The minimum absolute atomic E-state index is 0.0497. The van der Waals surface area contributed by atoms with Crippen LogP contribution in [0, 0.1) is 5.41 Å². The number of methoxy groups -OCH3 is 1. The number of hydrogen-bond donors (Lipinski definition) is 2. The second-order valence-electron chi connectivity index (χ2n) is 11.5. The Morgan fingerprint density at radius 3 is 2.70 bits per heavy atom. The van der Waals surface area contributed by atoms with Crippen molar-refractivity contribution in [2.24, 2.45) is 5.41 Å². The Morgan fingerprint density at radius 1 is 1.27 bits per heavy atom. The number of piperazine rings is 1. The van der Waals surface area contributed by atoms with Gasteiger partial charge in [-0.05, 0) is 58.1 Å². The summed E-state index contributed by atoms with van der Waals surface area (Å²) in [7, 11) is 1.67. The van der Waals surface area contributed by atoms with Crippen LogP contribution in [0.5, 0.6) is 0 Å². The third-order valence-electron chi connectivity index (χ3n) is 9.02. The lowest BCUT2D eigenvalue weighted by molar-refractivity contribution is -0.159. The smallest absolute Gasteiger partial charge is 0.389 e. The zero-order valence-electron chi connectivity index (χ0n) is 21.6. The summed E-state index contributed by atoms with van der Waals surface area (Å²) in [6.45, 7) is 5.48. The van der Waals surface area contributed by atoms with Crippen molar-refractivity contribution in [2.75, 3.05) is 38.3 Å². The first-order valence-corrected chi connectivity index (χ1v) is 13.1. The molecule has 4 fully saturated rings. The van der Waals surface area contributed by atoms with Crippen LogP contribution in [-0.2, 0) is 20.4 Å². The van der Waals surface area contributed by atoms with Gasteiger partial charge in [0.25, 0.3) is 0 Å². The Labute approximate surface area is 215 Å². The fraction of sp³-hybridized carbons (Fsp3) is 0.769. The van der Waals surface area contributed by atoms with Crippen molar-refractivity contribution in [1.82, 2.24) is 15.2 Å². The van der Waals surface area contributed by atoms with Crippen molar-refractivity contribution in [1.29, 1.82) is 0 Å². The number of pyridine rings is 1. The number of hydrogen-bond acceptors (Lipinski definition) is 7. The van der Waals surface area contributed by atoms with Gasteiger partial charge >= 0.3 is 6.18 Å². The quantitative estimate of drug-likeness (QED) is 0.589. The van der Waals surface area contributed by atoms with Crippen molar-refractivity contribution < 1.29 is 32.5 Å². The van der Waals surface area contributed by atoms with Crippen molar-refractivity contribution in [3.8, 4) is 0 Å². The van der Waals surface area contributed by atoms with E-state index in [1.54, 1.807) is 21.0 Å². The van der Waals surface area contributed by atoms with E-state index in [4.69, 9.17) is 9.47 Å². The molecule has 1 saturated carbocycles. The van der Waals surface area contributed by atoms with Gasteiger partial charge in [-0.3, -0.25) is 4.79 Å². The summed E-state index contributed by atoms with van der Waals surface area (Å²) in [4.78, 5) is 22.0. The predicted molar refractivity (Wildman–Crippen MR) is 130 cm³/mol. The number of amides is 1. The van der Waals surface area contributed by atoms with Crippen LogP contribution in [-0.4, -0.2) is 90.2 Å². The number of fused-ring (bicyclic) bond motifs is 2. The van der Waals surface area contributed by atoms with Crippen LogP contribution in [0.3, 0.4) is 0 Å². The molecule has 6 unspecified atom stereocenters. The molecule has 0 radical (unpaired) electrons. The standard InChI is InChI=1S/C26H37F3N4O4/c1-24(2,35)25(7-4-17(12-25)31-20-6-9-37-15-21(20)36-3)23(34)33-14-18-11-19(33)13-32(18)22-10-16(5-8-30-22)26(27,28)29/h5,8,10,17-21,31,35H,4,6-7,9,11-15H2,1-3H3. The van der Waals surface area contributed by atoms with E-state index < -0.39 is 22.8 Å². The first-order valence-electron chi connectivity index (χ1n) is 13.1. The Balaban J connectivity index is 1.29. The monoisotopic (exact) mass is 526 g/mol. The summed E-state index contributed by atoms with van der Waals surface area (Å²) in [5.74, 6) is 0.240. The number of rotatable bonds is 6. The van der Waals surface area contributed by atoms with Crippen LogP contribution in [0.25, 0.3) is 0 Å². The molecule has 1 amide bonds. The number of aliphatic hydroxyl groups is 1. The number of nitrogens with zero attached hydrogens (tertiary/aromatic N) is 3. The van der Waals surface area contributed by atoms with Crippen LogP contribution in [0.15, 0.2) is 18.3 Å². The SMILES string of the molecule is COC1COCCC1NC1CCC(C(=O)N2CC3CC2CN3c2cc(C(F)(F)F)ccn2)(C(C)(C)O)C1. The molecule has 3 saturated heterocycles. The summed E-state index contributed by atoms with van der Waals surface area (Å²) < 4.78 is 50.8. The highest BCUT2D eigenvalue weighted by atomic mass is 19.4. The number of alkyl halides is 3. The molecule has 206 valence electrons. The first kappa shape index (κ1) is 26.6. The number of carbonyl (C=O) groups is 1. The van der Waals surface area contributed by atoms with E-state index in [0.29, 0.717) is 51.4 Å². The highest BCUT2D eigenvalue weighted by molar-refractivity contribution is 5.85. The molecule has 0 aromatic carbocycles. The van der Waals surface area contributed by atoms with Gasteiger partial charge in [0, 0.05) is 45.1 Å². The Hall–Kier alpha value is -1.95. The molecule has 2 bridgehead atoms. The van der Waals surface area contributed by atoms with Gasteiger partial charge in [-0.25, -0.2) is 4.98 Å². The van der Waals surface area contributed by atoms with Crippen LogP contribution < -0.4 is 10.2 Å². The molecule has 4 heterocycles. The largest absolute Gasteiger partial charge is 0.416 e. The van der Waals surface area contributed by atoms with Crippen LogP contribution >= 0.6 is 0 Å². The highest BCUT2D eigenvalue weighted by Gasteiger charge is 2.59. The molecule has 1 aromatic rings. The summed E-state index contributed by atoms with van der Waals surface area (Å²) >= 11 is 0. The summed E-state index contributed by atoms with van der Waals surface area (Å²) in [5, 5.41) is 15.0. The fourth-order valence-corrected chi connectivity index (χ4v) is 6.86. The molecule has 1 aliphatic carbocycles. The van der Waals surface area contributed by atoms with E-state index in [2.05, 4.69) is 10.3 Å². The van der Waals surface area contributed by atoms with Crippen molar-refractivity contribution in [3.05, 3.63) is 23.9 Å². The minimum Gasteiger partial charge on any atom is -0.389 e. The van der Waals surface area contributed by atoms with Gasteiger partial charge in [-0.15, -0.1) is 0 Å². The zero-order valence-corrected chi connectivity index (χ0v) is 21.6. The lowest BCUT2D eigenvalue weighted by Crippen LogP contribution is -2.59. The Bertz CT molecular complexity index is 1000. The Kier molecular flexibility index (Phi) is 6.96. The molecular formula is C26H37F3N4O4. The molecule has 11 heteroatoms. The maximum absolute atomic E-state index is 14.1. The molecule has 37 heavy (non-hydrogen) atoms. The van der Waals surface area contributed by atoms with E-state index in [1.807, 2.05) is 9.80 Å². The van der Waals surface area contributed by atoms with Crippen molar-refractivity contribution in [2.45, 2.75) is 88.0 Å². The van der Waals surface area contributed by atoms with Crippen LogP contribution in [0.4, 0.5) is 19.0 Å². The summed E-state index contributed by atoms with van der Waals surface area (Å²) in [5.41, 5.74) is -2.87. The number of anilines is 1. The van der Waals surface area contributed by atoms with Gasteiger partial charge in [-0.2, -0.15) is 13.2 Å². The topological polar surface area (TPSA) is 87.2 Å². The molecule has 3 aliphatic heterocycles. The van der Waals surface area contributed by atoms with Crippen molar-refractivity contribution >= 4 is 11.7 Å². The molecule has 5 rings (SSSR count). The minimum atomic E-state index is -4.43. The highest BCUT2D eigenvalue weighted by Crippen LogP contribution is 2.50.